The normalized spacial score (nSPS) is 11.4. The number of nitriles is 1. The van der Waals surface area contributed by atoms with Crippen LogP contribution in [-0.4, -0.2) is 20.4 Å². The molecule has 2 aromatic heterocycles. The van der Waals surface area contributed by atoms with E-state index in [0.717, 1.165) is 17.7 Å². The molecule has 9 heteroatoms. The van der Waals surface area contributed by atoms with Crippen LogP contribution in [0.4, 0.5) is 13.2 Å². The predicted molar refractivity (Wildman–Crippen MR) is 76.5 cm³/mol. The quantitative estimate of drug-likeness (QED) is 0.795. The van der Waals surface area contributed by atoms with Crippen LogP contribution in [0.15, 0.2) is 29.6 Å². The molecule has 5 nitrogen and oxygen atoms in total. The van der Waals surface area contributed by atoms with Crippen molar-refractivity contribution in [1.82, 2.24) is 20.4 Å². The van der Waals surface area contributed by atoms with Crippen molar-refractivity contribution in [3.63, 3.8) is 0 Å². The van der Waals surface area contributed by atoms with Crippen LogP contribution in [0.5, 0.6) is 0 Å². The molecule has 23 heavy (non-hydrogen) atoms. The first-order valence-electron chi connectivity index (χ1n) is 6.39. The van der Waals surface area contributed by atoms with Crippen molar-refractivity contribution in [2.24, 2.45) is 0 Å². The van der Waals surface area contributed by atoms with Crippen molar-refractivity contribution < 1.29 is 13.2 Å². The minimum absolute atomic E-state index is 0.149. The van der Waals surface area contributed by atoms with Gasteiger partial charge in [-0.2, -0.15) is 28.7 Å². The van der Waals surface area contributed by atoms with Gasteiger partial charge >= 0.3 is 6.18 Å². The highest BCUT2D eigenvalue weighted by atomic mass is 32.1. The molecule has 3 rings (SSSR count). The number of rotatable bonds is 3. The predicted octanol–water partition coefficient (Wildman–Crippen LogP) is 3.41. The van der Waals surface area contributed by atoms with Crippen molar-refractivity contribution in [2.75, 3.05) is 0 Å². The molecule has 0 aliphatic carbocycles. The third kappa shape index (κ3) is 3.22. The summed E-state index contributed by atoms with van der Waals surface area (Å²) in [4.78, 5) is 4.35. The van der Waals surface area contributed by atoms with Crippen LogP contribution in [0.3, 0.4) is 0 Å². The molecule has 0 aliphatic rings. The fourth-order valence-corrected chi connectivity index (χ4v) is 2.79. The van der Waals surface area contributed by atoms with Crippen molar-refractivity contribution in [2.45, 2.75) is 12.6 Å². The first-order chi connectivity index (χ1) is 11.0. The van der Waals surface area contributed by atoms with Crippen molar-refractivity contribution >= 4 is 11.3 Å². The number of nitrogens with one attached hydrogen (secondary N) is 1. The smallest absolute Gasteiger partial charge is 0.239 e. The zero-order valence-electron chi connectivity index (χ0n) is 11.4. The lowest BCUT2D eigenvalue weighted by molar-refractivity contribution is -0.137. The lowest BCUT2D eigenvalue weighted by Gasteiger charge is -2.06. The maximum atomic E-state index is 12.5. The Labute approximate surface area is 132 Å². The molecule has 0 saturated carbocycles. The molecule has 116 valence electrons. The Morgan fingerprint density at radius 3 is 2.57 bits per heavy atom. The summed E-state index contributed by atoms with van der Waals surface area (Å²) in [5.41, 5.74) is 1.07. The summed E-state index contributed by atoms with van der Waals surface area (Å²) in [6, 6.07) is 6.87. The van der Waals surface area contributed by atoms with Crippen LogP contribution in [0, 0.1) is 11.3 Å². The number of benzene rings is 1. The van der Waals surface area contributed by atoms with Gasteiger partial charge in [0, 0.05) is 11.8 Å². The Morgan fingerprint density at radius 2 is 1.91 bits per heavy atom. The second-order valence-corrected chi connectivity index (χ2v) is 5.57. The Bertz CT molecular complexity index is 858. The average molecular weight is 335 g/mol. The zero-order valence-corrected chi connectivity index (χ0v) is 12.2. The Balaban J connectivity index is 1.78. The second kappa shape index (κ2) is 5.81. The molecule has 1 aromatic carbocycles. The number of alkyl halides is 3. The summed E-state index contributed by atoms with van der Waals surface area (Å²) < 4.78 is 37.6. The van der Waals surface area contributed by atoms with Crippen LogP contribution in [-0.2, 0) is 12.6 Å². The summed E-state index contributed by atoms with van der Waals surface area (Å²) in [6.45, 7) is 0. The van der Waals surface area contributed by atoms with Gasteiger partial charge in [0.2, 0.25) is 0 Å². The molecule has 0 aliphatic heterocycles. The van der Waals surface area contributed by atoms with E-state index < -0.39 is 11.7 Å². The van der Waals surface area contributed by atoms with Gasteiger partial charge in [-0.3, -0.25) is 0 Å². The van der Waals surface area contributed by atoms with Crippen molar-refractivity contribution in [3.8, 4) is 17.5 Å². The number of nitrogens with zero attached hydrogens (tertiary/aromatic N) is 4. The van der Waals surface area contributed by atoms with E-state index in [1.165, 1.54) is 23.5 Å². The minimum Gasteiger partial charge on any atom is -0.239 e. The number of aromatic amines is 1. The van der Waals surface area contributed by atoms with E-state index in [1.54, 1.807) is 5.38 Å². The molecule has 2 heterocycles. The summed E-state index contributed by atoms with van der Waals surface area (Å²) in [6.07, 6.45) is -3.93. The number of halogens is 3. The van der Waals surface area contributed by atoms with Gasteiger partial charge in [0.25, 0.3) is 0 Å². The maximum absolute atomic E-state index is 12.5. The molecule has 3 aromatic rings. The molecule has 0 saturated heterocycles. The lowest BCUT2D eigenvalue weighted by Crippen LogP contribution is -2.04. The highest BCUT2D eigenvalue weighted by Crippen LogP contribution is 2.30. The molecule has 0 bridgehead atoms. The van der Waals surface area contributed by atoms with Crippen molar-refractivity contribution in [3.05, 3.63) is 51.5 Å². The fraction of sp³-hybridized carbons (Fsp3) is 0.143. The topological polar surface area (TPSA) is 78.2 Å². The standard InChI is InChI=1S/C14H8F3N5S/c15-14(16,17)9-3-1-8(2-4-9)5-12-19-11(7-23-12)13-10(6-18)20-22-21-13/h1-4,7H,5H2,(H,20,21,22). The van der Waals surface area contributed by atoms with Crippen LogP contribution >= 0.6 is 11.3 Å². The van der Waals surface area contributed by atoms with E-state index in [1.807, 2.05) is 6.07 Å². The Hall–Kier alpha value is -2.73. The molecule has 0 unspecified atom stereocenters. The first kappa shape index (κ1) is 15.2. The number of hydrogen-bond donors (Lipinski definition) is 1. The zero-order chi connectivity index (χ0) is 16.4. The summed E-state index contributed by atoms with van der Waals surface area (Å²) in [5, 5.41) is 21.3. The van der Waals surface area contributed by atoms with Gasteiger partial charge in [-0.05, 0) is 17.7 Å². The third-order valence-corrected chi connectivity index (χ3v) is 3.93. The van der Waals surface area contributed by atoms with E-state index in [9.17, 15) is 13.2 Å². The monoisotopic (exact) mass is 335 g/mol. The minimum atomic E-state index is -4.34. The molecule has 0 radical (unpaired) electrons. The van der Waals surface area contributed by atoms with Gasteiger partial charge in [-0.1, -0.05) is 12.1 Å². The van der Waals surface area contributed by atoms with Gasteiger partial charge in [-0.15, -0.1) is 16.4 Å². The molecule has 0 fully saturated rings. The van der Waals surface area contributed by atoms with Gasteiger partial charge in [-0.25, -0.2) is 4.98 Å². The lowest BCUT2D eigenvalue weighted by atomic mass is 10.1. The molecular weight excluding hydrogens is 327 g/mol. The molecular formula is C14H8F3N5S. The third-order valence-electron chi connectivity index (χ3n) is 3.08. The summed E-state index contributed by atoms with van der Waals surface area (Å²) >= 11 is 1.35. The highest BCUT2D eigenvalue weighted by Gasteiger charge is 2.29. The van der Waals surface area contributed by atoms with E-state index in [-0.39, 0.29) is 5.69 Å². The number of thiazole rings is 1. The Morgan fingerprint density at radius 1 is 1.17 bits per heavy atom. The van der Waals surface area contributed by atoms with Crippen LogP contribution in [0.2, 0.25) is 0 Å². The molecule has 0 atom stereocenters. The summed E-state index contributed by atoms with van der Waals surface area (Å²) in [5.74, 6) is 0. The van der Waals surface area contributed by atoms with Gasteiger partial charge in [0.05, 0.1) is 10.6 Å². The van der Waals surface area contributed by atoms with Crippen LogP contribution < -0.4 is 0 Å². The fourth-order valence-electron chi connectivity index (χ4n) is 1.97. The second-order valence-electron chi connectivity index (χ2n) is 4.63. The number of hydrogen-bond acceptors (Lipinski definition) is 5. The number of H-pyrrole nitrogens is 1. The van der Waals surface area contributed by atoms with Crippen molar-refractivity contribution in [1.29, 1.82) is 5.26 Å². The molecule has 0 spiro atoms. The average Bonchev–Trinajstić information content (AvgIpc) is 3.15. The van der Waals surface area contributed by atoms with Gasteiger partial charge in [0.15, 0.2) is 5.69 Å². The van der Waals surface area contributed by atoms with Gasteiger partial charge in [0.1, 0.15) is 17.5 Å². The van der Waals surface area contributed by atoms with Crippen LogP contribution in [0.25, 0.3) is 11.4 Å². The maximum Gasteiger partial charge on any atom is 0.416 e. The van der Waals surface area contributed by atoms with E-state index in [4.69, 9.17) is 5.26 Å². The SMILES string of the molecule is N#Cc1n[nH]nc1-c1csc(Cc2ccc(C(F)(F)F)cc2)n1. The summed E-state index contributed by atoms with van der Waals surface area (Å²) in [7, 11) is 0. The van der Waals surface area contributed by atoms with E-state index >= 15 is 0 Å². The Kier molecular flexibility index (Phi) is 3.83. The first-order valence-corrected chi connectivity index (χ1v) is 7.27. The van der Waals surface area contributed by atoms with Crippen LogP contribution in [0.1, 0.15) is 21.8 Å². The molecule has 0 amide bonds. The highest BCUT2D eigenvalue weighted by molar-refractivity contribution is 7.10. The van der Waals surface area contributed by atoms with Gasteiger partial charge < -0.3 is 0 Å². The largest absolute Gasteiger partial charge is 0.416 e. The van der Waals surface area contributed by atoms with E-state index in [0.29, 0.717) is 22.8 Å². The number of aromatic nitrogens is 4. The molecule has 1 N–H and O–H groups in total. The van der Waals surface area contributed by atoms with E-state index in [2.05, 4.69) is 20.4 Å².